The van der Waals surface area contributed by atoms with Gasteiger partial charge in [-0.3, -0.25) is 4.90 Å². The predicted octanol–water partition coefficient (Wildman–Crippen LogP) is 3.75. The molecule has 0 atom stereocenters. The van der Waals surface area contributed by atoms with Crippen molar-refractivity contribution >= 4 is 17.3 Å². The van der Waals surface area contributed by atoms with Gasteiger partial charge >= 0.3 is 0 Å². The third kappa shape index (κ3) is 2.46. The van der Waals surface area contributed by atoms with Crippen molar-refractivity contribution in [1.29, 1.82) is 0 Å². The monoisotopic (exact) mass is 272 g/mol. The maximum atomic E-state index is 6.30. The Morgan fingerprint density at radius 1 is 1.21 bits per heavy atom. The number of nitrogen functional groups attached to an aromatic ring is 1. The van der Waals surface area contributed by atoms with Crippen LogP contribution >= 0.6 is 11.6 Å². The van der Waals surface area contributed by atoms with E-state index in [-0.39, 0.29) is 0 Å². The van der Waals surface area contributed by atoms with Crippen molar-refractivity contribution in [2.45, 2.75) is 26.6 Å². The van der Waals surface area contributed by atoms with E-state index in [0.29, 0.717) is 0 Å². The first kappa shape index (κ1) is 12.5. The highest BCUT2D eigenvalue weighted by Gasteiger charge is 2.21. The van der Waals surface area contributed by atoms with Crippen LogP contribution in [0, 0.1) is 6.92 Å². The van der Waals surface area contributed by atoms with Gasteiger partial charge in [-0.25, -0.2) is 0 Å². The third-order valence-electron chi connectivity index (χ3n) is 3.69. The maximum absolute atomic E-state index is 6.30. The highest BCUT2D eigenvalue weighted by Crippen LogP contribution is 2.29. The molecule has 0 unspecified atom stereocenters. The van der Waals surface area contributed by atoms with Crippen LogP contribution < -0.4 is 5.73 Å². The second kappa shape index (κ2) is 4.87. The van der Waals surface area contributed by atoms with E-state index in [4.69, 9.17) is 17.3 Å². The Kier molecular flexibility index (Phi) is 3.21. The minimum atomic E-state index is 0.851. The summed E-state index contributed by atoms with van der Waals surface area (Å²) in [6.45, 7) is 4.78. The standard InChI is InChI=1S/C16H17ClN2/c1-11-5-6-13(15(17)7-11)9-19-8-12-3-2-4-16(18)14(12)10-19/h2-7H,8-10,18H2,1H3. The van der Waals surface area contributed by atoms with Crippen molar-refractivity contribution in [3.05, 3.63) is 63.7 Å². The van der Waals surface area contributed by atoms with E-state index in [0.717, 1.165) is 30.3 Å². The summed E-state index contributed by atoms with van der Waals surface area (Å²) in [6.07, 6.45) is 0. The number of fused-ring (bicyclic) bond motifs is 1. The second-order valence-corrected chi connectivity index (χ2v) is 5.63. The number of benzene rings is 2. The van der Waals surface area contributed by atoms with Gasteiger partial charge in [-0.1, -0.05) is 35.9 Å². The molecule has 0 amide bonds. The Labute approximate surface area is 118 Å². The van der Waals surface area contributed by atoms with Crippen LogP contribution in [0.15, 0.2) is 36.4 Å². The number of halogens is 1. The minimum absolute atomic E-state index is 0.851. The molecule has 2 aromatic carbocycles. The quantitative estimate of drug-likeness (QED) is 0.844. The lowest BCUT2D eigenvalue weighted by molar-refractivity contribution is 0.276. The number of rotatable bonds is 2. The average Bonchev–Trinajstić information content (AvgIpc) is 2.77. The average molecular weight is 273 g/mol. The van der Waals surface area contributed by atoms with Crippen LogP contribution in [0.3, 0.4) is 0 Å². The number of hydrogen-bond acceptors (Lipinski definition) is 2. The van der Waals surface area contributed by atoms with Crippen LogP contribution in [0.1, 0.15) is 22.3 Å². The first-order valence-electron chi connectivity index (χ1n) is 6.47. The molecule has 1 aliphatic rings. The SMILES string of the molecule is Cc1ccc(CN2Cc3cccc(N)c3C2)c(Cl)c1. The molecular weight excluding hydrogens is 256 g/mol. The summed E-state index contributed by atoms with van der Waals surface area (Å²) in [5, 5.41) is 0.851. The molecule has 0 radical (unpaired) electrons. The van der Waals surface area contributed by atoms with Crippen molar-refractivity contribution in [3.63, 3.8) is 0 Å². The van der Waals surface area contributed by atoms with Gasteiger partial charge in [0.05, 0.1) is 0 Å². The molecule has 19 heavy (non-hydrogen) atoms. The number of aryl methyl sites for hydroxylation is 1. The Balaban J connectivity index is 1.79. The van der Waals surface area contributed by atoms with Crippen LogP contribution in [0.2, 0.25) is 5.02 Å². The van der Waals surface area contributed by atoms with Gasteiger partial charge in [-0.15, -0.1) is 0 Å². The molecule has 1 heterocycles. The second-order valence-electron chi connectivity index (χ2n) is 5.22. The van der Waals surface area contributed by atoms with E-state index in [2.05, 4.69) is 30.0 Å². The molecule has 0 aliphatic carbocycles. The zero-order valence-electron chi connectivity index (χ0n) is 11.0. The van der Waals surface area contributed by atoms with E-state index in [9.17, 15) is 0 Å². The number of nitrogens with two attached hydrogens (primary N) is 1. The van der Waals surface area contributed by atoms with Crippen molar-refractivity contribution in [2.24, 2.45) is 0 Å². The van der Waals surface area contributed by atoms with Gasteiger partial charge in [0, 0.05) is 30.3 Å². The van der Waals surface area contributed by atoms with Gasteiger partial charge < -0.3 is 5.73 Å². The van der Waals surface area contributed by atoms with Gasteiger partial charge in [0.15, 0.2) is 0 Å². The van der Waals surface area contributed by atoms with Gasteiger partial charge in [0.25, 0.3) is 0 Å². The fraction of sp³-hybridized carbons (Fsp3) is 0.250. The summed E-state index contributed by atoms with van der Waals surface area (Å²) in [5.74, 6) is 0. The molecule has 0 saturated heterocycles. The molecule has 98 valence electrons. The molecule has 0 spiro atoms. The van der Waals surface area contributed by atoms with Crippen molar-refractivity contribution in [1.82, 2.24) is 4.90 Å². The smallest absolute Gasteiger partial charge is 0.0453 e. The molecule has 2 N–H and O–H groups in total. The Hall–Kier alpha value is -1.51. The van der Waals surface area contributed by atoms with Gasteiger partial charge in [0.2, 0.25) is 0 Å². The first-order valence-corrected chi connectivity index (χ1v) is 6.85. The molecule has 2 aromatic rings. The Bertz CT molecular complexity index is 622. The third-order valence-corrected chi connectivity index (χ3v) is 4.04. The first-order chi connectivity index (χ1) is 9.13. The number of nitrogens with zero attached hydrogens (tertiary/aromatic N) is 1. The molecule has 3 rings (SSSR count). The fourth-order valence-corrected chi connectivity index (χ4v) is 2.94. The molecule has 2 nitrogen and oxygen atoms in total. The lowest BCUT2D eigenvalue weighted by atomic mass is 10.1. The summed E-state index contributed by atoms with van der Waals surface area (Å²) < 4.78 is 0. The molecule has 0 bridgehead atoms. The number of hydrogen-bond donors (Lipinski definition) is 1. The van der Waals surface area contributed by atoms with Gasteiger partial charge in [-0.2, -0.15) is 0 Å². The maximum Gasteiger partial charge on any atom is 0.0453 e. The van der Waals surface area contributed by atoms with Crippen LogP contribution in [0.5, 0.6) is 0 Å². The molecule has 3 heteroatoms. The lowest BCUT2D eigenvalue weighted by Crippen LogP contribution is -2.16. The van der Waals surface area contributed by atoms with Crippen molar-refractivity contribution in [2.75, 3.05) is 5.73 Å². The highest BCUT2D eigenvalue weighted by molar-refractivity contribution is 6.31. The van der Waals surface area contributed by atoms with Crippen molar-refractivity contribution < 1.29 is 0 Å². The van der Waals surface area contributed by atoms with E-state index in [1.54, 1.807) is 0 Å². The molecule has 0 saturated carbocycles. The van der Waals surface area contributed by atoms with E-state index < -0.39 is 0 Å². The molecule has 0 fully saturated rings. The zero-order valence-corrected chi connectivity index (χ0v) is 11.7. The fourth-order valence-electron chi connectivity index (χ4n) is 2.65. The van der Waals surface area contributed by atoms with Crippen LogP contribution in [0.25, 0.3) is 0 Å². The van der Waals surface area contributed by atoms with Gasteiger partial charge in [0.1, 0.15) is 0 Å². The summed E-state index contributed by atoms with van der Waals surface area (Å²) in [5.41, 5.74) is 11.9. The van der Waals surface area contributed by atoms with Crippen LogP contribution in [-0.2, 0) is 19.6 Å². The normalized spacial score (nSPS) is 14.6. The predicted molar refractivity (Wildman–Crippen MR) is 80.0 cm³/mol. The summed E-state index contributed by atoms with van der Waals surface area (Å²) in [4.78, 5) is 2.37. The van der Waals surface area contributed by atoms with Crippen LogP contribution in [-0.4, -0.2) is 4.90 Å². The summed E-state index contributed by atoms with van der Waals surface area (Å²) >= 11 is 6.30. The number of anilines is 1. The largest absolute Gasteiger partial charge is 0.398 e. The van der Waals surface area contributed by atoms with E-state index in [1.807, 2.05) is 18.2 Å². The zero-order chi connectivity index (χ0) is 13.4. The lowest BCUT2D eigenvalue weighted by Gasteiger charge is -2.16. The molecule has 1 aliphatic heterocycles. The molecule has 0 aromatic heterocycles. The molecular formula is C16H17ClN2. The summed E-state index contributed by atoms with van der Waals surface area (Å²) in [7, 11) is 0. The minimum Gasteiger partial charge on any atom is -0.398 e. The van der Waals surface area contributed by atoms with Gasteiger partial charge in [-0.05, 0) is 41.3 Å². The highest BCUT2D eigenvalue weighted by atomic mass is 35.5. The van der Waals surface area contributed by atoms with Crippen molar-refractivity contribution in [3.8, 4) is 0 Å². The van der Waals surface area contributed by atoms with Crippen LogP contribution in [0.4, 0.5) is 5.69 Å². The topological polar surface area (TPSA) is 29.3 Å². The van der Waals surface area contributed by atoms with E-state index >= 15 is 0 Å². The van der Waals surface area contributed by atoms with E-state index in [1.165, 1.54) is 22.3 Å². The Morgan fingerprint density at radius 2 is 2.05 bits per heavy atom. The Morgan fingerprint density at radius 3 is 2.79 bits per heavy atom. The summed E-state index contributed by atoms with van der Waals surface area (Å²) in [6, 6.07) is 12.4.